The van der Waals surface area contributed by atoms with Crippen LogP contribution >= 0.6 is 0 Å². The zero-order chi connectivity index (χ0) is 20.8. The number of para-hydroxylation sites is 1. The van der Waals surface area contributed by atoms with Gasteiger partial charge in [0.1, 0.15) is 0 Å². The standard InChI is InChI=1S/C25H30N4O/c1-18-9-11-19(12-10-18)24-21(6-5-15-30-24)17-29-25(26-2)28-16-20-13-14-27-23-8-4-3-7-22(20)23/h3-4,7-14,21,24H,5-6,15-17H2,1-2H3,(H2,26,28,29). The number of benzene rings is 2. The molecule has 1 aliphatic heterocycles. The fraction of sp³-hybridized carbons (Fsp3) is 0.360. The van der Waals surface area contributed by atoms with Gasteiger partial charge >= 0.3 is 0 Å². The third-order valence-electron chi connectivity index (χ3n) is 5.79. The van der Waals surface area contributed by atoms with Gasteiger partial charge < -0.3 is 15.4 Å². The van der Waals surface area contributed by atoms with Gasteiger partial charge in [-0.1, -0.05) is 48.0 Å². The van der Waals surface area contributed by atoms with Gasteiger partial charge in [-0.25, -0.2) is 0 Å². The number of ether oxygens (including phenoxy) is 1. The van der Waals surface area contributed by atoms with Gasteiger partial charge in [-0.05, 0) is 43.0 Å². The van der Waals surface area contributed by atoms with Crippen LogP contribution in [0.4, 0.5) is 0 Å². The largest absolute Gasteiger partial charge is 0.373 e. The summed E-state index contributed by atoms with van der Waals surface area (Å²) in [5.41, 5.74) is 4.76. The summed E-state index contributed by atoms with van der Waals surface area (Å²) in [6.45, 7) is 4.48. The summed E-state index contributed by atoms with van der Waals surface area (Å²) in [5.74, 6) is 1.23. The van der Waals surface area contributed by atoms with E-state index in [1.807, 2.05) is 25.4 Å². The Morgan fingerprint density at radius 1 is 1.10 bits per heavy atom. The fourth-order valence-corrected chi connectivity index (χ4v) is 4.11. The monoisotopic (exact) mass is 402 g/mol. The number of pyridine rings is 1. The lowest BCUT2D eigenvalue weighted by Gasteiger charge is -2.32. The van der Waals surface area contributed by atoms with E-state index in [0.29, 0.717) is 12.5 Å². The van der Waals surface area contributed by atoms with Crippen molar-refractivity contribution < 1.29 is 4.74 Å². The van der Waals surface area contributed by atoms with Crippen LogP contribution < -0.4 is 10.6 Å². The van der Waals surface area contributed by atoms with Gasteiger partial charge in [0.15, 0.2) is 5.96 Å². The summed E-state index contributed by atoms with van der Waals surface area (Å²) < 4.78 is 6.15. The second-order valence-corrected chi connectivity index (χ2v) is 7.90. The van der Waals surface area contributed by atoms with E-state index < -0.39 is 0 Å². The predicted octanol–water partition coefficient (Wildman–Crippen LogP) is 4.38. The van der Waals surface area contributed by atoms with Gasteiger partial charge in [0.25, 0.3) is 0 Å². The minimum Gasteiger partial charge on any atom is -0.373 e. The average Bonchev–Trinajstić information content (AvgIpc) is 2.80. The first-order valence-electron chi connectivity index (χ1n) is 10.7. The van der Waals surface area contributed by atoms with E-state index in [1.165, 1.54) is 22.1 Å². The number of rotatable bonds is 5. The molecule has 30 heavy (non-hydrogen) atoms. The zero-order valence-electron chi connectivity index (χ0n) is 17.8. The van der Waals surface area contributed by atoms with Crippen molar-refractivity contribution in [3.8, 4) is 0 Å². The maximum Gasteiger partial charge on any atom is 0.191 e. The maximum atomic E-state index is 6.15. The molecule has 2 heterocycles. The average molecular weight is 403 g/mol. The van der Waals surface area contributed by atoms with Crippen LogP contribution in [0, 0.1) is 12.8 Å². The summed E-state index contributed by atoms with van der Waals surface area (Å²) >= 11 is 0. The van der Waals surface area contributed by atoms with Crippen molar-refractivity contribution >= 4 is 16.9 Å². The number of guanidine groups is 1. The summed E-state index contributed by atoms with van der Waals surface area (Å²) in [4.78, 5) is 8.86. The lowest BCUT2D eigenvalue weighted by atomic mass is 9.89. The first-order chi connectivity index (χ1) is 14.7. The number of aryl methyl sites for hydroxylation is 1. The Morgan fingerprint density at radius 3 is 2.77 bits per heavy atom. The molecule has 156 valence electrons. The van der Waals surface area contributed by atoms with E-state index in [9.17, 15) is 0 Å². The van der Waals surface area contributed by atoms with Crippen molar-refractivity contribution in [2.24, 2.45) is 10.9 Å². The highest BCUT2D eigenvalue weighted by atomic mass is 16.5. The van der Waals surface area contributed by atoms with E-state index in [-0.39, 0.29) is 6.10 Å². The molecule has 5 nitrogen and oxygen atoms in total. The molecule has 2 N–H and O–H groups in total. The number of hydrogen-bond donors (Lipinski definition) is 2. The molecule has 0 spiro atoms. The summed E-state index contributed by atoms with van der Waals surface area (Å²) in [7, 11) is 1.81. The Bertz CT molecular complexity index is 994. The topological polar surface area (TPSA) is 58.5 Å². The van der Waals surface area contributed by atoms with E-state index in [4.69, 9.17) is 4.74 Å². The lowest BCUT2D eigenvalue weighted by molar-refractivity contribution is -0.0265. The van der Waals surface area contributed by atoms with Crippen molar-refractivity contribution in [1.82, 2.24) is 15.6 Å². The van der Waals surface area contributed by atoms with Crippen molar-refractivity contribution in [3.63, 3.8) is 0 Å². The Labute approximate surface area is 178 Å². The summed E-state index contributed by atoms with van der Waals surface area (Å²) in [5, 5.41) is 8.13. The minimum absolute atomic E-state index is 0.133. The lowest BCUT2D eigenvalue weighted by Crippen LogP contribution is -2.41. The Kier molecular flexibility index (Phi) is 6.60. The van der Waals surface area contributed by atoms with E-state index in [2.05, 4.69) is 70.0 Å². The SMILES string of the molecule is CN=C(NCc1ccnc2ccccc12)NCC1CCCOC1c1ccc(C)cc1. The highest BCUT2D eigenvalue weighted by Gasteiger charge is 2.27. The Balaban J connectivity index is 1.38. The summed E-state index contributed by atoms with van der Waals surface area (Å²) in [6.07, 6.45) is 4.25. The quantitative estimate of drug-likeness (QED) is 0.491. The van der Waals surface area contributed by atoms with Crippen LogP contribution in [0.1, 0.15) is 35.6 Å². The van der Waals surface area contributed by atoms with Gasteiger partial charge in [0, 0.05) is 44.2 Å². The number of aromatic nitrogens is 1. The normalized spacial score (nSPS) is 19.6. The van der Waals surface area contributed by atoms with Gasteiger partial charge in [0.05, 0.1) is 11.6 Å². The third kappa shape index (κ3) is 4.79. The molecular weight excluding hydrogens is 372 g/mol. The number of aliphatic imine (C=N–C) groups is 1. The van der Waals surface area contributed by atoms with Crippen LogP contribution in [0.15, 0.2) is 65.8 Å². The zero-order valence-corrected chi connectivity index (χ0v) is 17.8. The second-order valence-electron chi connectivity index (χ2n) is 7.90. The molecule has 0 amide bonds. The molecular formula is C25H30N4O. The molecule has 0 bridgehead atoms. The second kappa shape index (κ2) is 9.72. The van der Waals surface area contributed by atoms with Gasteiger partial charge in [-0.3, -0.25) is 9.98 Å². The number of hydrogen-bond acceptors (Lipinski definition) is 3. The minimum atomic E-state index is 0.133. The maximum absolute atomic E-state index is 6.15. The van der Waals surface area contributed by atoms with Crippen LogP contribution in [-0.2, 0) is 11.3 Å². The molecule has 0 saturated carbocycles. The summed E-state index contributed by atoms with van der Waals surface area (Å²) in [6, 6.07) is 19.0. The van der Waals surface area contributed by atoms with Gasteiger partial charge in [-0.2, -0.15) is 0 Å². The van der Waals surface area contributed by atoms with Crippen LogP contribution in [0.5, 0.6) is 0 Å². The van der Waals surface area contributed by atoms with Crippen LogP contribution in [-0.4, -0.2) is 31.1 Å². The fourth-order valence-electron chi connectivity index (χ4n) is 4.11. The first-order valence-corrected chi connectivity index (χ1v) is 10.7. The smallest absolute Gasteiger partial charge is 0.191 e. The first kappa shape index (κ1) is 20.4. The van der Waals surface area contributed by atoms with E-state index in [0.717, 1.165) is 37.5 Å². The highest BCUT2D eigenvalue weighted by Crippen LogP contribution is 2.33. The Morgan fingerprint density at radius 2 is 1.93 bits per heavy atom. The van der Waals surface area contributed by atoms with E-state index >= 15 is 0 Å². The van der Waals surface area contributed by atoms with Crippen molar-refractivity contribution in [2.45, 2.75) is 32.4 Å². The number of nitrogens with zero attached hydrogens (tertiary/aromatic N) is 2. The van der Waals surface area contributed by atoms with Gasteiger partial charge in [0.2, 0.25) is 0 Å². The molecule has 2 unspecified atom stereocenters. The molecule has 2 atom stereocenters. The highest BCUT2D eigenvalue weighted by molar-refractivity contribution is 5.83. The van der Waals surface area contributed by atoms with Crippen LogP contribution in [0.2, 0.25) is 0 Å². The molecule has 3 aromatic rings. The Hall–Kier alpha value is -2.92. The number of fused-ring (bicyclic) bond motifs is 1. The van der Waals surface area contributed by atoms with Crippen molar-refractivity contribution in [3.05, 3.63) is 77.5 Å². The van der Waals surface area contributed by atoms with Crippen molar-refractivity contribution in [2.75, 3.05) is 20.2 Å². The van der Waals surface area contributed by atoms with E-state index in [1.54, 1.807) is 0 Å². The molecule has 2 aromatic carbocycles. The molecule has 0 radical (unpaired) electrons. The third-order valence-corrected chi connectivity index (χ3v) is 5.79. The molecule has 1 aromatic heterocycles. The molecule has 1 saturated heterocycles. The molecule has 1 fully saturated rings. The number of nitrogens with one attached hydrogen (secondary N) is 2. The molecule has 0 aliphatic carbocycles. The van der Waals surface area contributed by atoms with Crippen LogP contribution in [0.25, 0.3) is 10.9 Å². The molecule has 1 aliphatic rings. The molecule has 4 rings (SSSR count). The van der Waals surface area contributed by atoms with Crippen molar-refractivity contribution in [1.29, 1.82) is 0 Å². The molecule has 5 heteroatoms. The van der Waals surface area contributed by atoms with Crippen LogP contribution in [0.3, 0.4) is 0 Å². The predicted molar refractivity (Wildman–Crippen MR) is 123 cm³/mol. The van der Waals surface area contributed by atoms with Gasteiger partial charge in [-0.15, -0.1) is 0 Å².